The molecule has 1 amide bonds. The first-order chi connectivity index (χ1) is 21.2. The summed E-state index contributed by atoms with van der Waals surface area (Å²) in [7, 11) is -2.19. The Labute approximate surface area is 266 Å². The van der Waals surface area contributed by atoms with Crippen LogP contribution in [0.3, 0.4) is 0 Å². The highest BCUT2D eigenvalue weighted by atomic mass is 35.5. The molecule has 0 radical (unpaired) electrons. The molecule has 6 rings (SSSR count). The number of amides is 1. The number of methoxy groups -OCH3 is 1. The second-order valence-corrected chi connectivity index (χ2v) is 15.4. The van der Waals surface area contributed by atoms with Crippen molar-refractivity contribution in [2.45, 2.75) is 68.6 Å². The molecular formula is C34H43ClN2O6S. The van der Waals surface area contributed by atoms with Crippen LogP contribution >= 0.6 is 11.6 Å². The molecule has 0 saturated heterocycles. The number of hydrogen-bond donors (Lipinski definition) is 1. The number of anilines is 1. The number of nitrogens with zero attached hydrogens (tertiary/aromatic N) is 1. The maximum atomic E-state index is 13.3. The summed E-state index contributed by atoms with van der Waals surface area (Å²) in [6.45, 7) is 4.68. The van der Waals surface area contributed by atoms with Gasteiger partial charge in [-0.05, 0) is 105 Å². The van der Waals surface area contributed by atoms with E-state index in [0.717, 1.165) is 55.9 Å². The molecule has 1 spiro atoms. The third kappa shape index (κ3) is 6.39. The fourth-order valence-corrected chi connectivity index (χ4v) is 8.61. The quantitative estimate of drug-likeness (QED) is 0.339. The van der Waals surface area contributed by atoms with Crippen LogP contribution in [0.15, 0.2) is 48.6 Å². The average Bonchev–Trinajstić information content (AvgIpc) is 3.13. The molecule has 1 saturated carbocycles. The molecule has 1 unspecified atom stereocenters. The Hall–Kier alpha value is -2.59. The summed E-state index contributed by atoms with van der Waals surface area (Å²) in [5.74, 6) is 0.797. The standard InChI is InChI=1S/C34H43ClN2O6S/c1-23-6-3-4-8-31(42-17-16-41-2)28-12-9-26(28)20-37-21-34(15-5-7-24-18-27(35)11-13-29(24)34)22-43-32-14-10-25(19-30(32)37)33(38)36-44(23,39)40/h4,8,10-11,13-14,18-19,23,26,28,31H,3,5-7,9,12,15-17,20-22H2,1-2H3,(H,36,38)/b8-4+/t23-,26+,28-,31?,34+/m1/s1. The van der Waals surface area contributed by atoms with Gasteiger partial charge in [0.25, 0.3) is 5.91 Å². The number of carbonyl (C=O) groups is 1. The zero-order valence-electron chi connectivity index (χ0n) is 25.6. The number of ether oxygens (including phenoxy) is 3. The lowest BCUT2D eigenvalue weighted by Gasteiger charge is -2.46. The molecule has 2 heterocycles. The predicted octanol–water partition coefficient (Wildman–Crippen LogP) is 5.67. The molecule has 4 aliphatic rings. The van der Waals surface area contributed by atoms with Gasteiger partial charge < -0.3 is 19.1 Å². The average molecular weight is 643 g/mol. The number of allylic oxidation sites excluding steroid dienone is 1. The summed E-state index contributed by atoms with van der Waals surface area (Å²) in [6.07, 6.45) is 10.2. The van der Waals surface area contributed by atoms with Crippen LogP contribution in [0.4, 0.5) is 5.69 Å². The summed E-state index contributed by atoms with van der Waals surface area (Å²) >= 11 is 6.42. The minimum absolute atomic E-state index is 0.0797. The summed E-state index contributed by atoms with van der Waals surface area (Å²) in [5.41, 5.74) is 3.43. The molecule has 5 atom stereocenters. The normalized spacial score (nSPS) is 30.6. The van der Waals surface area contributed by atoms with Crippen molar-refractivity contribution in [3.8, 4) is 5.75 Å². The van der Waals surface area contributed by atoms with Gasteiger partial charge in [0.15, 0.2) is 0 Å². The highest BCUT2D eigenvalue weighted by Gasteiger charge is 2.44. The van der Waals surface area contributed by atoms with Crippen molar-refractivity contribution in [2.24, 2.45) is 11.8 Å². The molecule has 8 nitrogen and oxygen atoms in total. The Kier molecular flexibility index (Phi) is 9.30. The van der Waals surface area contributed by atoms with Crippen molar-refractivity contribution < 1.29 is 27.4 Å². The molecule has 238 valence electrons. The van der Waals surface area contributed by atoms with Gasteiger partial charge in [0, 0.05) is 36.2 Å². The molecule has 44 heavy (non-hydrogen) atoms. The Morgan fingerprint density at radius 2 is 2.00 bits per heavy atom. The van der Waals surface area contributed by atoms with E-state index < -0.39 is 21.2 Å². The van der Waals surface area contributed by atoms with E-state index in [2.05, 4.69) is 27.8 Å². The van der Waals surface area contributed by atoms with Crippen molar-refractivity contribution in [3.63, 3.8) is 0 Å². The van der Waals surface area contributed by atoms with E-state index in [-0.39, 0.29) is 11.5 Å². The van der Waals surface area contributed by atoms with Gasteiger partial charge in [-0.25, -0.2) is 13.1 Å². The van der Waals surface area contributed by atoms with Gasteiger partial charge in [-0.1, -0.05) is 29.8 Å². The molecular weight excluding hydrogens is 600 g/mol. The van der Waals surface area contributed by atoms with Crippen LogP contribution < -0.4 is 14.4 Å². The van der Waals surface area contributed by atoms with Crippen LogP contribution in [-0.2, 0) is 31.3 Å². The number of halogens is 1. The van der Waals surface area contributed by atoms with Crippen LogP contribution in [0.1, 0.15) is 66.9 Å². The van der Waals surface area contributed by atoms with Crippen LogP contribution in [0.5, 0.6) is 5.75 Å². The number of fused-ring (bicyclic) bond motifs is 4. The molecule has 0 aromatic heterocycles. The van der Waals surface area contributed by atoms with E-state index in [1.165, 1.54) is 11.1 Å². The van der Waals surface area contributed by atoms with Gasteiger partial charge in [-0.2, -0.15) is 0 Å². The second-order valence-electron chi connectivity index (χ2n) is 12.9. The van der Waals surface area contributed by atoms with E-state index in [1.807, 2.05) is 24.3 Å². The number of hydrogen-bond acceptors (Lipinski definition) is 7. The van der Waals surface area contributed by atoms with Gasteiger partial charge in [0.2, 0.25) is 10.0 Å². The van der Waals surface area contributed by atoms with Crippen molar-refractivity contribution >= 4 is 33.2 Å². The number of aryl methyl sites for hydroxylation is 1. The van der Waals surface area contributed by atoms with E-state index in [1.54, 1.807) is 20.1 Å². The summed E-state index contributed by atoms with van der Waals surface area (Å²) in [5, 5.41) is 0.0159. The molecule has 2 aromatic carbocycles. The van der Waals surface area contributed by atoms with Gasteiger partial charge in [-0.15, -0.1) is 0 Å². The summed E-state index contributed by atoms with van der Waals surface area (Å²) < 4.78 is 46.7. The molecule has 1 N–H and O–H groups in total. The molecule has 2 aliphatic heterocycles. The Morgan fingerprint density at radius 1 is 1.14 bits per heavy atom. The monoisotopic (exact) mass is 642 g/mol. The van der Waals surface area contributed by atoms with E-state index in [0.29, 0.717) is 55.8 Å². The number of nitrogens with one attached hydrogen (secondary N) is 1. The largest absolute Gasteiger partial charge is 0.490 e. The minimum Gasteiger partial charge on any atom is -0.490 e. The molecule has 10 heteroatoms. The van der Waals surface area contributed by atoms with Crippen LogP contribution in [0.2, 0.25) is 5.02 Å². The maximum Gasteiger partial charge on any atom is 0.264 e. The van der Waals surface area contributed by atoms with Gasteiger partial charge >= 0.3 is 0 Å². The van der Waals surface area contributed by atoms with Crippen molar-refractivity contribution in [3.05, 3.63) is 70.3 Å². The van der Waals surface area contributed by atoms with E-state index in [9.17, 15) is 13.2 Å². The first kappa shape index (κ1) is 31.4. The number of rotatable bonds is 4. The Morgan fingerprint density at radius 3 is 2.80 bits per heavy atom. The first-order valence-electron chi connectivity index (χ1n) is 15.8. The highest BCUT2D eigenvalue weighted by molar-refractivity contribution is 7.90. The van der Waals surface area contributed by atoms with E-state index >= 15 is 0 Å². The lowest BCUT2D eigenvalue weighted by Crippen LogP contribution is -2.49. The van der Waals surface area contributed by atoms with Gasteiger partial charge in [0.1, 0.15) is 5.75 Å². The minimum atomic E-state index is -3.86. The zero-order valence-corrected chi connectivity index (χ0v) is 27.2. The summed E-state index contributed by atoms with van der Waals surface area (Å²) in [4.78, 5) is 15.7. The van der Waals surface area contributed by atoms with Crippen molar-refractivity contribution in [1.82, 2.24) is 4.72 Å². The molecule has 1 fully saturated rings. The lowest BCUT2D eigenvalue weighted by atomic mass is 9.68. The molecule has 2 aliphatic carbocycles. The zero-order chi connectivity index (χ0) is 30.9. The third-order valence-electron chi connectivity index (χ3n) is 10.1. The highest BCUT2D eigenvalue weighted by Crippen LogP contribution is 2.47. The van der Waals surface area contributed by atoms with Crippen LogP contribution in [0.25, 0.3) is 0 Å². The fourth-order valence-electron chi connectivity index (χ4n) is 7.39. The van der Waals surface area contributed by atoms with Crippen molar-refractivity contribution in [2.75, 3.05) is 44.9 Å². The second kappa shape index (κ2) is 13.0. The summed E-state index contributed by atoms with van der Waals surface area (Å²) in [6, 6.07) is 11.5. The van der Waals surface area contributed by atoms with E-state index in [4.69, 9.17) is 25.8 Å². The molecule has 2 aromatic rings. The van der Waals surface area contributed by atoms with Gasteiger partial charge in [-0.3, -0.25) is 4.79 Å². The van der Waals surface area contributed by atoms with Crippen molar-refractivity contribution in [1.29, 1.82) is 0 Å². The smallest absolute Gasteiger partial charge is 0.264 e. The maximum absolute atomic E-state index is 13.3. The third-order valence-corrected chi connectivity index (χ3v) is 12.1. The fraction of sp³-hybridized carbons (Fsp3) is 0.559. The number of carbonyl (C=O) groups excluding carboxylic acids is 1. The van der Waals surface area contributed by atoms with Crippen LogP contribution in [-0.4, -0.2) is 65.7 Å². The van der Waals surface area contributed by atoms with Crippen LogP contribution in [0, 0.1) is 11.8 Å². The first-order valence-corrected chi connectivity index (χ1v) is 17.8. The predicted molar refractivity (Wildman–Crippen MR) is 172 cm³/mol. The molecule has 2 bridgehead atoms. The number of sulfonamides is 1. The Bertz CT molecular complexity index is 1510. The lowest BCUT2D eigenvalue weighted by molar-refractivity contribution is -0.0309. The Balaban J connectivity index is 1.40. The number of benzene rings is 2. The topological polar surface area (TPSA) is 94.2 Å². The SMILES string of the molecule is COCCOC1/C=C/CC[C@@H](C)S(=O)(=O)NC(=O)c2ccc3c(c2)N(C[C@@H]2CC[C@@H]12)C[C@@]1(CCCc2cc(Cl)ccc21)CO3. The van der Waals surface area contributed by atoms with Gasteiger partial charge in [0.05, 0.1) is 36.9 Å².